The number of hydrogen-bond acceptors (Lipinski definition) is 3. The number of hydrogen-bond donors (Lipinski definition) is 2. The van der Waals surface area contributed by atoms with Crippen LogP contribution in [0.15, 0.2) is 24.3 Å². The first-order valence-electron chi connectivity index (χ1n) is 6.84. The first kappa shape index (κ1) is 16.2. The Morgan fingerprint density at radius 1 is 1.35 bits per heavy atom. The molecule has 0 saturated heterocycles. The van der Waals surface area contributed by atoms with Gasteiger partial charge in [-0.25, -0.2) is 0 Å². The third-order valence-corrected chi connectivity index (χ3v) is 2.77. The Morgan fingerprint density at radius 2 is 2.20 bits per heavy atom. The van der Waals surface area contributed by atoms with Crippen LogP contribution in [0.25, 0.3) is 0 Å². The molecule has 0 atom stereocenters. The van der Waals surface area contributed by atoms with Crippen LogP contribution in [0.1, 0.15) is 35.2 Å². The maximum atomic E-state index is 12.0. The molecule has 1 rings (SSSR count). The number of rotatable bonds is 7. The lowest BCUT2D eigenvalue weighted by atomic mass is 10.1. The van der Waals surface area contributed by atoms with E-state index in [-0.39, 0.29) is 5.91 Å². The topological polar surface area (TPSA) is 64.3 Å². The van der Waals surface area contributed by atoms with Gasteiger partial charge in [0.25, 0.3) is 5.91 Å². The minimum atomic E-state index is -0.0619. The highest BCUT2D eigenvalue weighted by Crippen LogP contribution is 2.04. The number of nitrogens with one attached hydrogen (secondary N) is 1. The van der Waals surface area contributed by atoms with Crippen LogP contribution >= 0.6 is 0 Å². The Bertz CT molecular complexity index is 475. The standard InChI is InChI=1S/C16H22N2O2/c1-20-12-4-2-3-11-18-16(19)15-9-5-7-14(13-15)8-6-10-17/h5,7,9,13H,2-4,10-12,17H2,1H3,(H,18,19). The molecule has 0 aliphatic carbocycles. The Balaban J connectivity index is 2.39. The normalized spacial score (nSPS) is 9.70. The van der Waals surface area contributed by atoms with E-state index in [1.54, 1.807) is 19.2 Å². The fourth-order valence-electron chi connectivity index (χ4n) is 1.74. The zero-order valence-electron chi connectivity index (χ0n) is 11.9. The van der Waals surface area contributed by atoms with Gasteiger partial charge in [-0.1, -0.05) is 17.9 Å². The number of ether oxygens (including phenoxy) is 1. The molecule has 0 bridgehead atoms. The van der Waals surface area contributed by atoms with Crippen LogP contribution < -0.4 is 11.1 Å². The van der Waals surface area contributed by atoms with Crippen molar-refractivity contribution < 1.29 is 9.53 Å². The molecule has 0 unspecified atom stereocenters. The number of carbonyl (C=O) groups excluding carboxylic acids is 1. The first-order valence-corrected chi connectivity index (χ1v) is 6.84. The summed E-state index contributed by atoms with van der Waals surface area (Å²) in [5.41, 5.74) is 6.77. The molecule has 1 aromatic carbocycles. The summed E-state index contributed by atoms with van der Waals surface area (Å²) in [4.78, 5) is 12.0. The lowest BCUT2D eigenvalue weighted by Crippen LogP contribution is -2.24. The van der Waals surface area contributed by atoms with E-state index >= 15 is 0 Å². The van der Waals surface area contributed by atoms with Gasteiger partial charge in [-0.05, 0) is 37.5 Å². The molecule has 20 heavy (non-hydrogen) atoms. The zero-order chi connectivity index (χ0) is 14.6. The lowest BCUT2D eigenvalue weighted by Gasteiger charge is -2.05. The van der Waals surface area contributed by atoms with Gasteiger partial charge in [-0.3, -0.25) is 4.79 Å². The molecular formula is C16H22N2O2. The fraction of sp³-hybridized carbons (Fsp3) is 0.438. The second-order valence-electron chi connectivity index (χ2n) is 4.40. The van der Waals surface area contributed by atoms with Gasteiger partial charge in [0.15, 0.2) is 0 Å². The quantitative estimate of drug-likeness (QED) is 0.585. The second kappa shape index (κ2) is 10.0. The second-order valence-corrected chi connectivity index (χ2v) is 4.40. The Kier molecular flexibility index (Phi) is 8.13. The van der Waals surface area contributed by atoms with Gasteiger partial charge in [0, 0.05) is 31.4 Å². The molecule has 4 heteroatoms. The zero-order valence-corrected chi connectivity index (χ0v) is 11.9. The molecule has 0 radical (unpaired) electrons. The first-order chi connectivity index (χ1) is 9.77. The van der Waals surface area contributed by atoms with Gasteiger partial charge in [-0.2, -0.15) is 0 Å². The summed E-state index contributed by atoms with van der Waals surface area (Å²) < 4.78 is 4.98. The van der Waals surface area contributed by atoms with E-state index in [1.807, 2.05) is 12.1 Å². The molecule has 1 amide bonds. The highest BCUT2D eigenvalue weighted by Gasteiger charge is 2.04. The maximum Gasteiger partial charge on any atom is 0.251 e. The van der Waals surface area contributed by atoms with E-state index in [0.717, 1.165) is 31.4 Å². The number of nitrogens with two attached hydrogens (primary N) is 1. The molecule has 0 spiro atoms. The summed E-state index contributed by atoms with van der Waals surface area (Å²) >= 11 is 0. The van der Waals surface area contributed by atoms with Crippen LogP contribution in [0.2, 0.25) is 0 Å². The van der Waals surface area contributed by atoms with E-state index in [9.17, 15) is 4.79 Å². The van der Waals surface area contributed by atoms with Gasteiger partial charge >= 0.3 is 0 Å². The van der Waals surface area contributed by atoms with Gasteiger partial charge in [0.05, 0.1) is 6.54 Å². The van der Waals surface area contributed by atoms with Crippen molar-refractivity contribution in [1.82, 2.24) is 5.32 Å². The minimum absolute atomic E-state index is 0.0619. The predicted molar refractivity (Wildman–Crippen MR) is 80.4 cm³/mol. The number of methoxy groups -OCH3 is 1. The molecule has 3 N–H and O–H groups in total. The molecule has 1 aromatic rings. The third kappa shape index (κ3) is 6.37. The summed E-state index contributed by atoms with van der Waals surface area (Å²) in [5, 5.41) is 2.91. The van der Waals surface area contributed by atoms with Crippen molar-refractivity contribution >= 4 is 5.91 Å². The highest BCUT2D eigenvalue weighted by atomic mass is 16.5. The fourth-order valence-corrected chi connectivity index (χ4v) is 1.74. The maximum absolute atomic E-state index is 12.0. The van der Waals surface area contributed by atoms with Crippen LogP contribution in [0.5, 0.6) is 0 Å². The van der Waals surface area contributed by atoms with Crippen molar-refractivity contribution in [3.05, 3.63) is 35.4 Å². The summed E-state index contributed by atoms with van der Waals surface area (Å²) in [6.07, 6.45) is 3.04. The van der Waals surface area contributed by atoms with Crippen LogP contribution in [0, 0.1) is 11.8 Å². The minimum Gasteiger partial charge on any atom is -0.385 e. The molecule has 108 valence electrons. The van der Waals surface area contributed by atoms with Crippen molar-refractivity contribution in [1.29, 1.82) is 0 Å². The van der Waals surface area contributed by atoms with Crippen LogP contribution in [0.4, 0.5) is 0 Å². The molecule has 4 nitrogen and oxygen atoms in total. The highest BCUT2D eigenvalue weighted by molar-refractivity contribution is 5.94. The van der Waals surface area contributed by atoms with Crippen molar-refractivity contribution in [2.45, 2.75) is 19.3 Å². The number of unbranched alkanes of at least 4 members (excludes halogenated alkanes) is 2. The van der Waals surface area contributed by atoms with E-state index in [1.165, 1.54) is 0 Å². The van der Waals surface area contributed by atoms with Gasteiger partial charge < -0.3 is 15.8 Å². The summed E-state index contributed by atoms with van der Waals surface area (Å²) in [5.74, 6) is 5.64. The van der Waals surface area contributed by atoms with Crippen molar-refractivity contribution in [3.63, 3.8) is 0 Å². The van der Waals surface area contributed by atoms with E-state index in [2.05, 4.69) is 17.2 Å². The summed E-state index contributed by atoms with van der Waals surface area (Å²) in [7, 11) is 1.70. The van der Waals surface area contributed by atoms with Crippen molar-refractivity contribution in [2.24, 2.45) is 5.73 Å². The number of carbonyl (C=O) groups is 1. The predicted octanol–water partition coefficient (Wildman–Crippen LogP) is 1.54. The smallest absolute Gasteiger partial charge is 0.251 e. The Morgan fingerprint density at radius 3 is 2.95 bits per heavy atom. The van der Waals surface area contributed by atoms with Crippen LogP contribution in [-0.2, 0) is 4.74 Å². The molecule has 0 aliphatic rings. The number of amides is 1. The average Bonchev–Trinajstić information content (AvgIpc) is 2.48. The summed E-state index contributed by atoms with van der Waals surface area (Å²) in [6.45, 7) is 1.77. The molecule has 0 heterocycles. The van der Waals surface area contributed by atoms with Crippen molar-refractivity contribution in [3.8, 4) is 11.8 Å². The molecule has 0 aliphatic heterocycles. The van der Waals surface area contributed by atoms with Crippen molar-refractivity contribution in [2.75, 3.05) is 26.8 Å². The monoisotopic (exact) mass is 274 g/mol. The van der Waals surface area contributed by atoms with E-state index < -0.39 is 0 Å². The Labute approximate surface area is 120 Å². The lowest BCUT2D eigenvalue weighted by molar-refractivity contribution is 0.0952. The average molecular weight is 274 g/mol. The summed E-state index contributed by atoms with van der Waals surface area (Å²) in [6, 6.07) is 7.26. The largest absolute Gasteiger partial charge is 0.385 e. The third-order valence-electron chi connectivity index (χ3n) is 2.77. The molecule has 0 fully saturated rings. The van der Waals surface area contributed by atoms with Gasteiger partial charge in [0.1, 0.15) is 0 Å². The molecule has 0 saturated carbocycles. The Hall–Kier alpha value is -1.83. The van der Waals surface area contributed by atoms with E-state index in [0.29, 0.717) is 18.7 Å². The SMILES string of the molecule is COCCCCCNC(=O)c1cccc(C#CCN)c1. The van der Waals surface area contributed by atoms with Crippen LogP contribution in [0.3, 0.4) is 0 Å². The van der Waals surface area contributed by atoms with Gasteiger partial charge in [0.2, 0.25) is 0 Å². The number of benzene rings is 1. The van der Waals surface area contributed by atoms with E-state index in [4.69, 9.17) is 10.5 Å². The van der Waals surface area contributed by atoms with Gasteiger partial charge in [-0.15, -0.1) is 0 Å². The molecular weight excluding hydrogens is 252 g/mol. The molecule has 0 aromatic heterocycles. The van der Waals surface area contributed by atoms with Crippen LogP contribution in [-0.4, -0.2) is 32.7 Å².